The molecular formula is C12H20O5Si. The van der Waals surface area contributed by atoms with E-state index in [1.54, 1.807) is 13.0 Å². The lowest BCUT2D eigenvalue weighted by Crippen LogP contribution is -2.53. The van der Waals surface area contributed by atoms with Gasteiger partial charge in [0.2, 0.25) is 0 Å². The van der Waals surface area contributed by atoms with Crippen molar-refractivity contribution in [1.82, 2.24) is 0 Å². The van der Waals surface area contributed by atoms with Crippen molar-refractivity contribution in [2.75, 3.05) is 0 Å². The molecule has 0 aromatic rings. The van der Waals surface area contributed by atoms with E-state index in [0.29, 0.717) is 6.42 Å². The maximum Gasteiger partial charge on any atom is 0.339 e. The van der Waals surface area contributed by atoms with Crippen molar-refractivity contribution in [3.05, 3.63) is 12.2 Å². The zero-order valence-corrected chi connectivity index (χ0v) is 12.2. The van der Waals surface area contributed by atoms with E-state index in [0.717, 1.165) is 0 Å². The molecule has 0 aliphatic heterocycles. The molecule has 2 unspecified atom stereocenters. The third-order valence-electron chi connectivity index (χ3n) is 2.97. The molecule has 0 saturated heterocycles. The van der Waals surface area contributed by atoms with Crippen LogP contribution in [0.25, 0.3) is 0 Å². The van der Waals surface area contributed by atoms with Crippen LogP contribution in [0.5, 0.6) is 0 Å². The second-order valence-corrected chi connectivity index (χ2v) is 10.5. The lowest BCUT2D eigenvalue weighted by Gasteiger charge is -2.41. The highest BCUT2D eigenvalue weighted by atomic mass is 28.4. The minimum Gasteiger partial charge on any atom is -0.481 e. The molecule has 2 N–H and O–H groups in total. The molecule has 0 spiro atoms. The van der Waals surface area contributed by atoms with Crippen molar-refractivity contribution in [2.24, 2.45) is 5.41 Å². The Labute approximate surface area is 108 Å². The molecule has 0 aromatic carbocycles. The van der Waals surface area contributed by atoms with Gasteiger partial charge in [-0.15, -0.1) is 0 Å². The van der Waals surface area contributed by atoms with Crippen molar-refractivity contribution in [3.63, 3.8) is 0 Å². The summed E-state index contributed by atoms with van der Waals surface area (Å²) < 4.78 is 5.76. The second-order valence-electron chi connectivity index (χ2n) is 6.06. The number of carboxylic acid groups (broad SMARTS) is 2. The Morgan fingerprint density at radius 3 is 2.17 bits per heavy atom. The topological polar surface area (TPSA) is 83.8 Å². The summed E-state index contributed by atoms with van der Waals surface area (Å²) >= 11 is 0. The van der Waals surface area contributed by atoms with E-state index in [4.69, 9.17) is 4.43 Å². The van der Waals surface area contributed by atoms with Crippen LogP contribution in [0.15, 0.2) is 12.2 Å². The average molecular weight is 272 g/mol. The van der Waals surface area contributed by atoms with Crippen LogP contribution in [0, 0.1) is 5.41 Å². The van der Waals surface area contributed by atoms with E-state index < -0.39 is 31.3 Å². The van der Waals surface area contributed by atoms with Crippen molar-refractivity contribution in [2.45, 2.75) is 45.0 Å². The number of aliphatic carboxylic acids is 2. The Kier molecular flexibility index (Phi) is 3.74. The molecule has 0 heterocycles. The monoisotopic (exact) mass is 272 g/mol. The van der Waals surface area contributed by atoms with E-state index >= 15 is 0 Å². The summed E-state index contributed by atoms with van der Waals surface area (Å²) in [5.41, 5.74) is -2.59. The maximum atomic E-state index is 11.5. The van der Waals surface area contributed by atoms with Gasteiger partial charge in [-0.05, 0) is 39.1 Å². The van der Waals surface area contributed by atoms with Gasteiger partial charge in [-0.3, -0.25) is 4.79 Å². The quantitative estimate of drug-likeness (QED) is 0.605. The predicted octanol–water partition coefficient (Wildman–Crippen LogP) is 2.10. The predicted molar refractivity (Wildman–Crippen MR) is 68.9 cm³/mol. The molecule has 0 bridgehead atoms. The number of hydrogen-bond donors (Lipinski definition) is 2. The van der Waals surface area contributed by atoms with Gasteiger partial charge in [0, 0.05) is 6.42 Å². The van der Waals surface area contributed by atoms with Gasteiger partial charge in [0.15, 0.2) is 13.9 Å². The first-order valence-corrected chi connectivity index (χ1v) is 9.26. The summed E-state index contributed by atoms with van der Waals surface area (Å²) in [6, 6.07) is 0. The highest BCUT2D eigenvalue weighted by Crippen LogP contribution is 2.41. The molecule has 0 amide bonds. The van der Waals surface area contributed by atoms with Gasteiger partial charge in [0.1, 0.15) is 0 Å². The zero-order valence-electron chi connectivity index (χ0n) is 11.2. The highest BCUT2D eigenvalue weighted by Gasteiger charge is 2.51. The van der Waals surface area contributed by atoms with E-state index in [1.165, 1.54) is 6.08 Å². The first-order chi connectivity index (χ1) is 8.01. The molecular weight excluding hydrogens is 252 g/mol. The van der Waals surface area contributed by atoms with Gasteiger partial charge in [-0.1, -0.05) is 6.08 Å². The van der Waals surface area contributed by atoms with Crippen LogP contribution in [-0.2, 0) is 14.0 Å². The minimum absolute atomic E-state index is 0.0363. The van der Waals surface area contributed by atoms with Crippen molar-refractivity contribution >= 4 is 20.3 Å². The van der Waals surface area contributed by atoms with Crippen molar-refractivity contribution in [1.29, 1.82) is 0 Å². The number of carbonyl (C=O) groups is 2. The average Bonchev–Trinajstić information content (AvgIpc) is 2.14. The second kappa shape index (κ2) is 4.51. The van der Waals surface area contributed by atoms with Crippen LogP contribution in [0.1, 0.15) is 19.8 Å². The summed E-state index contributed by atoms with van der Waals surface area (Å²) in [7, 11) is -2.10. The fourth-order valence-corrected chi connectivity index (χ4v) is 3.51. The molecule has 18 heavy (non-hydrogen) atoms. The molecule has 1 rings (SSSR count). The Hall–Kier alpha value is -1.14. The molecule has 0 fully saturated rings. The third kappa shape index (κ3) is 3.00. The van der Waals surface area contributed by atoms with Gasteiger partial charge in [-0.25, -0.2) is 4.79 Å². The van der Waals surface area contributed by atoms with Crippen LogP contribution < -0.4 is 0 Å². The van der Waals surface area contributed by atoms with Crippen LogP contribution >= 0.6 is 0 Å². The number of hydrogen-bond acceptors (Lipinski definition) is 3. The van der Waals surface area contributed by atoms with Gasteiger partial charge < -0.3 is 14.6 Å². The minimum atomic E-state index is -2.10. The van der Waals surface area contributed by atoms with E-state index in [9.17, 15) is 19.8 Å². The van der Waals surface area contributed by atoms with Crippen molar-refractivity contribution < 1.29 is 24.2 Å². The molecule has 1 aliphatic carbocycles. The fraction of sp³-hybridized carbons (Fsp3) is 0.667. The molecule has 2 atom stereocenters. The number of carboxylic acids is 2. The van der Waals surface area contributed by atoms with E-state index in [-0.39, 0.29) is 6.42 Å². The summed E-state index contributed by atoms with van der Waals surface area (Å²) in [4.78, 5) is 22.8. The molecule has 6 heteroatoms. The first kappa shape index (κ1) is 14.9. The Bertz CT molecular complexity index is 398. The molecule has 0 radical (unpaired) electrons. The third-order valence-corrected chi connectivity index (χ3v) is 3.95. The SMILES string of the molecule is CC1(C(=O)O)CC=CC(O[Si](C)(C)C)(C(=O)O)C1. The van der Waals surface area contributed by atoms with Crippen LogP contribution in [0.2, 0.25) is 19.6 Å². The first-order valence-electron chi connectivity index (χ1n) is 5.85. The summed E-state index contributed by atoms with van der Waals surface area (Å²) in [6.45, 7) is 7.22. The lowest BCUT2D eigenvalue weighted by molar-refractivity contribution is -0.161. The standard InChI is InChI=1S/C12H20O5Si/c1-11(9(13)14)6-5-7-12(8-11,10(15)16)17-18(2,3)4/h5,7H,6,8H2,1-4H3,(H,13,14)(H,15,16). The van der Waals surface area contributed by atoms with Gasteiger partial charge in [-0.2, -0.15) is 0 Å². The molecule has 0 saturated carbocycles. The van der Waals surface area contributed by atoms with Gasteiger partial charge >= 0.3 is 11.9 Å². The Morgan fingerprint density at radius 2 is 1.78 bits per heavy atom. The summed E-state index contributed by atoms with van der Waals surface area (Å²) in [5, 5.41) is 18.7. The Morgan fingerprint density at radius 1 is 1.22 bits per heavy atom. The molecule has 1 aliphatic rings. The van der Waals surface area contributed by atoms with E-state index in [2.05, 4.69) is 0 Å². The lowest BCUT2D eigenvalue weighted by atomic mass is 9.72. The van der Waals surface area contributed by atoms with Gasteiger partial charge in [0.25, 0.3) is 0 Å². The molecule has 5 nitrogen and oxygen atoms in total. The van der Waals surface area contributed by atoms with Crippen LogP contribution in [-0.4, -0.2) is 36.1 Å². The zero-order chi connectivity index (χ0) is 14.2. The summed E-state index contributed by atoms with van der Waals surface area (Å²) in [5.74, 6) is -2.11. The largest absolute Gasteiger partial charge is 0.481 e. The molecule has 0 aromatic heterocycles. The van der Waals surface area contributed by atoms with Crippen LogP contribution in [0.4, 0.5) is 0 Å². The number of rotatable bonds is 4. The van der Waals surface area contributed by atoms with Crippen LogP contribution in [0.3, 0.4) is 0 Å². The van der Waals surface area contributed by atoms with E-state index in [1.807, 2.05) is 19.6 Å². The highest BCUT2D eigenvalue weighted by molar-refractivity contribution is 6.70. The molecule has 102 valence electrons. The van der Waals surface area contributed by atoms with Gasteiger partial charge in [0.05, 0.1) is 5.41 Å². The smallest absolute Gasteiger partial charge is 0.339 e. The Balaban J connectivity index is 3.15. The number of allylic oxidation sites excluding steroid dienone is 1. The maximum absolute atomic E-state index is 11.5. The summed E-state index contributed by atoms with van der Waals surface area (Å²) in [6.07, 6.45) is 3.39. The fourth-order valence-electron chi connectivity index (χ4n) is 2.19. The van der Waals surface area contributed by atoms with Crippen molar-refractivity contribution in [3.8, 4) is 0 Å². The normalized spacial score (nSPS) is 32.2.